The van der Waals surface area contributed by atoms with E-state index in [2.05, 4.69) is 15.9 Å². The molecule has 0 aliphatic heterocycles. The largest absolute Gasteiger partial charge is 0.417 e. The highest BCUT2D eigenvalue weighted by molar-refractivity contribution is 9.10. The molecule has 0 heterocycles. The maximum Gasteiger partial charge on any atom is 0.417 e. The van der Waals surface area contributed by atoms with E-state index >= 15 is 0 Å². The Labute approximate surface area is 106 Å². The van der Waals surface area contributed by atoms with Gasteiger partial charge in [0.1, 0.15) is 6.07 Å². The van der Waals surface area contributed by atoms with Gasteiger partial charge in [0.25, 0.3) is 0 Å². The van der Waals surface area contributed by atoms with Crippen LogP contribution in [0.4, 0.5) is 18.9 Å². The molecular weight excluding hydrogens is 297 g/mol. The van der Waals surface area contributed by atoms with Crippen molar-refractivity contribution in [2.24, 2.45) is 0 Å². The Morgan fingerprint density at radius 2 is 1.82 bits per heavy atom. The average molecular weight is 309 g/mol. The number of nitrogen functional groups attached to an aromatic ring is 1. The second-order valence-electron chi connectivity index (χ2n) is 2.93. The molecular formula is C11H12BrF3N2. The van der Waals surface area contributed by atoms with Crippen molar-refractivity contribution in [2.75, 3.05) is 5.73 Å². The number of hydrogen-bond acceptors (Lipinski definition) is 2. The van der Waals surface area contributed by atoms with Gasteiger partial charge in [-0.15, -0.1) is 0 Å². The smallest absolute Gasteiger partial charge is 0.397 e. The third kappa shape index (κ3) is 3.37. The Kier molecular flexibility index (Phi) is 5.49. The van der Waals surface area contributed by atoms with Gasteiger partial charge in [0.05, 0.1) is 16.8 Å². The molecule has 0 aliphatic rings. The Balaban J connectivity index is 0.00000121. The lowest BCUT2D eigenvalue weighted by Crippen LogP contribution is -2.09. The normalized spacial score (nSPS) is 10.2. The lowest BCUT2D eigenvalue weighted by molar-refractivity contribution is -0.138. The van der Waals surface area contributed by atoms with Crippen molar-refractivity contribution in [3.8, 4) is 6.07 Å². The van der Waals surface area contributed by atoms with Crippen LogP contribution >= 0.6 is 15.9 Å². The number of rotatable bonds is 0. The molecule has 0 fully saturated rings. The minimum absolute atomic E-state index is 0.0670. The SMILES string of the molecule is CC.Cc1c(N)c(C#N)cc(C(F)(F)F)c1Br. The summed E-state index contributed by atoms with van der Waals surface area (Å²) in [6.07, 6.45) is -4.50. The van der Waals surface area contributed by atoms with Crippen LogP contribution in [0.1, 0.15) is 30.5 Å². The zero-order valence-electron chi connectivity index (χ0n) is 9.61. The zero-order chi connectivity index (χ0) is 13.8. The van der Waals surface area contributed by atoms with Crippen molar-refractivity contribution in [3.63, 3.8) is 0 Å². The van der Waals surface area contributed by atoms with Gasteiger partial charge in [0.15, 0.2) is 0 Å². The summed E-state index contributed by atoms with van der Waals surface area (Å²) in [6.45, 7) is 5.43. The summed E-state index contributed by atoms with van der Waals surface area (Å²) in [5, 5.41) is 8.61. The topological polar surface area (TPSA) is 49.8 Å². The molecule has 0 atom stereocenters. The molecule has 0 radical (unpaired) electrons. The first-order valence-corrected chi connectivity index (χ1v) is 5.64. The van der Waals surface area contributed by atoms with Crippen LogP contribution in [0.5, 0.6) is 0 Å². The van der Waals surface area contributed by atoms with Crippen LogP contribution in [-0.4, -0.2) is 0 Å². The quantitative estimate of drug-likeness (QED) is 0.728. The van der Waals surface area contributed by atoms with E-state index in [0.717, 1.165) is 6.07 Å². The van der Waals surface area contributed by atoms with E-state index in [1.165, 1.54) is 6.92 Å². The van der Waals surface area contributed by atoms with E-state index in [-0.39, 0.29) is 21.3 Å². The van der Waals surface area contributed by atoms with Crippen LogP contribution in [-0.2, 0) is 6.18 Å². The van der Waals surface area contributed by atoms with Gasteiger partial charge in [-0.3, -0.25) is 0 Å². The number of nitrogens with two attached hydrogens (primary N) is 1. The van der Waals surface area contributed by atoms with E-state index in [1.54, 1.807) is 6.07 Å². The van der Waals surface area contributed by atoms with Gasteiger partial charge in [0, 0.05) is 4.47 Å². The fraction of sp³-hybridized carbons (Fsp3) is 0.364. The third-order valence-corrected chi connectivity index (χ3v) is 3.00. The summed E-state index contributed by atoms with van der Waals surface area (Å²) in [6, 6.07) is 2.37. The molecule has 6 heteroatoms. The fourth-order valence-electron chi connectivity index (χ4n) is 1.11. The van der Waals surface area contributed by atoms with Gasteiger partial charge >= 0.3 is 6.18 Å². The lowest BCUT2D eigenvalue weighted by atomic mass is 10.0. The van der Waals surface area contributed by atoms with E-state index in [1.807, 2.05) is 13.8 Å². The Morgan fingerprint density at radius 1 is 1.35 bits per heavy atom. The lowest BCUT2D eigenvalue weighted by Gasteiger charge is -2.13. The molecule has 0 saturated heterocycles. The maximum absolute atomic E-state index is 12.5. The summed E-state index contributed by atoms with van der Waals surface area (Å²) in [7, 11) is 0. The molecule has 0 amide bonds. The molecule has 0 unspecified atom stereocenters. The molecule has 2 nitrogen and oxygen atoms in total. The monoisotopic (exact) mass is 308 g/mol. The molecule has 17 heavy (non-hydrogen) atoms. The molecule has 1 rings (SSSR count). The van der Waals surface area contributed by atoms with Crippen molar-refractivity contribution < 1.29 is 13.2 Å². The molecule has 1 aromatic carbocycles. The van der Waals surface area contributed by atoms with Crippen molar-refractivity contribution in [1.29, 1.82) is 5.26 Å². The molecule has 0 aromatic heterocycles. The van der Waals surface area contributed by atoms with Gasteiger partial charge in [0.2, 0.25) is 0 Å². The van der Waals surface area contributed by atoms with Crippen LogP contribution in [0, 0.1) is 18.3 Å². The second kappa shape index (κ2) is 5.92. The molecule has 94 valence electrons. The predicted octanol–water partition coefficient (Wildman–Crippen LogP) is 4.26. The van der Waals surface area contributed by atoms with Crippen LogP contribution < -0.4 is 5.73 Å². The fourth-order valence-corrected chi connectivity index (χ4v) is 1.66. The summed E-state index contributed by atoms with van der Waals surface area (Å²) >= 11 is 2.82. The highest BCUT2D eigenvalue weighted by atomic mass is 79.9. The summed E-state index contributed by atoms with van der Waals surface area (Å²) in [4.78, 5) is 0. The number of nitriles is 1. The number of benzene rings is 1. The average Bonchev–Trinajstić information content (AvgIpc) is 2.27. The van der Waals surface area contributed by atoms with Gasteiger partial charge in [-0.05, 0) is 34.5 Å². The van der Waals surface area contributed by atoms with Crippen molar-refractivity contribution in [3.05, 3.63) is 27.2 Å². The number of nitrogens with zero attached hydrogens (tertiary/aromatic N) is 1. The summed E-state index contributed by atoms with van der Waals surface area (Å²) in [5.41, 5.74) is 4.73. The standard InChI is InChI=1S/C9H6BrF3N2.C2H6/c1-4-7(10)6(9(11,12)13)2-5(3-14)8(4)15;1-2/h2H,15H2,1H3;1-2H3. The minimum atomic E-state index is -4.50. The third-order valence-electron chi connectivity index (χ3n) is 1.97. The highest BCUT2D eigenvalue weighted by Gasteiger charge is 2.34. The van der Waals surface area contributed by atoms with E-state index in [0.29, 0.717) is 0 Å². The van der Waals surface area contributed by atoms with Crippen LogP contribution in [0.15, 0.2) is 10.5 Å². The van der Waals surface area contributed by atoms with Crippen LogP contribution in [0.3, 0.4) is 0 Å². The van der Waals surface area contributed by atoms with Crippen LogP contribution in [0.25, 0.3) is 0 Å². The summed E-state index contributed by atoms with van der Waals surface area (Å²) in [5.74, 6) is 0. The molecule has 0 bridgehead atoms. The Bertz CT molecular complexity index is 448. The first kappa shape index (κ1) is 15.8. The van der Waals surface area contributed by atoms with Gasteiger partial charge in [-0.2, -0.15) is 18.4 Å². The van der Waals surface area contributed by atoms with E-state index < -0.39 is 11.7 Å². The van der Waals surface area contributed by atoms with Gasteiger partial charge in [-0.1, -0.05) is 13.8 Å². The van der Waals surface area contributed by atoms with E-state index in [9.17, 15) is 13.2 Å². The van der Waals surface area contributed by atoms with Crippen LogP contribution in [0.2, 0.25) is 0 Å². The Morgan fingerprint density at radius 3 is 2.18 bits per heavy atom. The predicted molar refractivity (Wildman–Crippen MR) is 64.4 cm³/mol. The first-order chi connectivity index (χ1) is 7.79. The number of hydrogen-bond donors (Lipinski definition) is 1. The van der Waals surface area contributed by atoms with Gasteiger partial charge in [-0.25, -0.2) is 0 Å². The maximum atomic E-state index is 12.5. The highest BCUT2D eigenvalue weighted by Crippen LogP contribution is 2.39. The van der Waals surface area contributed by atoms with Crippen molar-refractivity contribution in [2.45, 2.75) is 26.9 Å². The molecule has 0 aliphatic carbocycles. The van der Waals surface area contributed by atoms with Crippen molar-refractivity contribution in [1.82, 2.24) is 0 Å². The molecule has 2 N–H and O–H groups in total. The zero-order valence-corrected chi connectivity index (χ0v) is 11.2. The van der Waals surface area contributed by atoms with E-state index in [4.69, 9.17) is 11.0 Å². The number of halogens is 4. The molecule has 0 saturated carbocycles. The second-order valence-corrected chi connectivity index (χ2v) is 3.73. The molecule has 0 spiro atoms. The van der Waals surface area contributed by atoms with Crippen molar-refractivity contribution >= 4 is 21.6 Å². The number of alkyl halides is 3. The minimum Gasteiger partial charge on any atom is -0.397 e. The number of anilines is 1. The van der Waals surface area contributed by atoms with Gasteiger partial charge < -0.3 is 5.73 Å². The summed E-state index contributed by atoms with van der Waals surface area (Å²) < 4.78 is 37.4. The first-order valence-electron chi connectivity index (χ1n) is 4.85. The Hall–Kier alpha value is -1.22. The molecule has 1 aromatic rings.